The average molecular weight is 346 g/mol. The van der Waals surface area contributed by atoms with E-state index in [-0.39, 0.29) is 12.3 Å². The number of H-pyrrole nitrogens is 1. The first kappa shape index (κ1) is 18.7. The number of nitrogens with zero attached hydrogens (tertiary/aromatic N) is 3. The van der Waals surface area contributed by atoms with Gasteiger partial charge in [-0.25, -0.2) is 4.98 Å². The molecular formula is C17H26N6O2. The molecule has 1 heterocycles. The normalized spacial score (nSPS) is 10.7. The quantitative estimate of drug-likeness (QED) is 0.556. The van der Waals surface area contributed by atoms with Crippen molar-refractivity contribution in [1.29, 1.82) is 0 Å². The molecule has 0 aliphatic heterocycles. The van der Waals surface area contributed by atoms with Crippen molar-refractivity contribution < 1.29 is 9.53 Å². The highest BCUT2D eigenvalue weighted by molar-refractivity contribution is 5.77. The van der Waals surface area contributed by atoms with Gasteiger partial charge in [-0.15, -0.1) is 0 Å². The van der Waals surface area contributed by atoms with Crippen molar-refractivity contribution in [2.45, 2.75) is 19.4 Å². The van der Waals surface area contributed by atoms with Crippen molar-refractivity contribution in [2.24, 2.45) is 0 Å². The Morgan fingerprint density at radius 3 is 2.72 bits per heavy atom. The van der Waals surface area contributed by atoms with Crippen LogP contribution in [0.15, 0.2) is 24.3 Å². The number of aromatic amines is 1. The highest BCUT2D eigenvalue weighted by Crippen LogP contribution is 2.15. The largest absolute Gasteiger partial charge is 0.497 e. The van der Waals surface area contributed by atoms with Gasteiger partial charge in [0.2, 0.25) is 5.91 Å². The van der Waals surface area contributed by atoms with Crippen molar-refractivity contribution in [3.05, 3.63) is 35.9 Å². The summed E-state index contributed by atoms with van der Waals surface area (Å²) in [5, 5.41) is 13.1. The van der Waals surface area contributed by atoms with Crippen LogP contribution in [0, 0.1) is 0 Å². The van der Waals surface area contributed by atoms with Crippen LogP contribution < -0.4 is 15.4 Å². The smallest absolute Gasteiger partial charge is 0.227 e. The number of nitrogens with one attached hydrogen (secondary N) is 3. The minimum atomic E-state index is -0.0626. The second kappa shape index (κ2) is 9.63. The molecule has 1 amide bonds. The second-order valence-electron chi connectivity index (χ2n) is 5.96. The zero-order chi connectivity index (χ0) is 18.1. The van der Waals surface area contributed by atoms with Crippen LogP contribution in [0.25, 0.3) is 0 Å². The molecule has 0 atom stereocenters. The third-order valence-electron chi connectivity index (χ3n) is 3.55. The maximum Gasteiger partial charge on any atom is 0.227 e. The number of hydrogen-bond donors (Lipinski definition) is 3. The molecule has 0 fully saturated rings. The van der Waals surface area contributed by atoms with Crippen molar-refractivity contribution in [1.82, 2.24) is 25.4 Å². The maximum atomic E-state index is 11.9. The monoisotopic (exact) mass is 346 g/mol. The van der Waals surface area contributed by atoms with Gasteiger partial charge in [0.25, 0.3) is 0 Å². The number of ether oxygens (including phenoxy) is 1. The molecule has 0 saturated heterocycles. The SMILES string of the molecule is COc1ccc(NCc2nc(CC(=O)NCCCN(C)C)n[nH]2)cc1. The van der Waals surface area contributed by atoms with Crippen LogP contribution in [-0.2, 0) is 17.8 Å². The van der Waals surface area contributed by atoms with E-state index >= 15 is 0 Å². The van der Waals surface area contributed by atoms with E-state index in [1.807, 2.05) is 38.4 Å². The summed E-state index contributed by atoms with van der Waals surface area (Å²) in [5.74, 6) is 1.93. The van der Waals surface area contributed by atoms with Crippen LogP contribution in [0.5, 0.6) is 5.75 Å². The summed E-state index contributed by atoms with van der Waals surface area (Å²) in [7, 11) is 5.66. The third-order valence-corrected chi connectivity index (χ3v) is 3.55. The Bertz CT molecular complexity index is 653. The summed E-state index contributed by atoms with van der Waals surface area (Å²) in [6.07, 6.45) is 1.10. The Morgan fingerprint density at radius 1 is 1.28 bits per heavy atom. The Balaban J connectivity index is 1.72. The minimum Gasteiger partial charge on any atom is -0.497 e. The molecule has 2 aromatic rings. The number of carbonyl (C=O) groups excluding carboxylic acids is 1. The average Bonchev–Trinajstić information content (AvgIpc) is 3.04. The fraction of sp³-hybridized carbons (Fsp3) is 0.471. The minimum absolute atomic E-state index is 0.0626. The van der Waals surface area contributed by atoms with Gasteiger partial charge in [0.15, 0.2) is 5.82 Å². The van der Waals surface area contributed by atoms with E-state index in [0.717, 1.165) is 24.4 Å². The van der Waals surface area contributed by atoms with Gasteiger partial charge in [0.05, 0.1) is 20.1 Å². The number of benzene rings is 1. The molecule has 0 saturated carbocycles. The lowest BCUT2D eigenvalue weighted by Gasteiger charge is -2.09. The number of aromatic nitrogens is 3. The lowest BCUT2D eigenvalue weighted by Crippen LogP contribution is -2.28. The predicted octanol–water partition coefficient (Wildman–Crippen LogP) is 1.04. The van der Waals surface area contributed by atoms with Crippen molar-refractivity contribution in [3.8, 4) is 5.75 Å². The fourth-order valence-corrected chi connectivity index (χ4v) is 2.22. The molecule has 136 valence electrons. The Kier molecular flexibility index (Phi) is 7.21. The van der Waals surface area contributed by atoms with Gasteiger partial charge in [0, 0.05) is 12.2 Å². The summed E-state index contributed by atoms with van der Waals surface area (Å²) < 4.78 is 5.12. The van der Waals surface area contributed by atoms with E-state index < -0.39 is 0 Å². The number of carbonyl (C=O) groups is 1. The summed E-state index contributed by atoms with van der Waals surface area (Å²) in [6.45, 7) is 2.11. The zero-order valence-corrected chi connectivity index (χ0v) is 15.0. The second-order valence-corrected chi connectivity index (χ2v) is 5.96. The number of hydrogen-bond acceptors (Lipinski definition) is 6. The summed E-state index contributed by atoms with van der Waals surface area (Å²) in [6, 6.07) is 7.62. The molecule has 2 rings (SSSR count). The first-order valence-electron chi connectivity index (χ1n) is 8.26. The molecule has 0 radical (unpaired) electrons. The van der Waals surface area contributed by atoms with Crippen LogP contribution in [0.4, 0.5) is 5.69 Å². The van der Waals surface area contributed by atoms with Crippen LogP contribution in [0.2, 0.25) is 0 Å². The van der Waals surface area contributed by atoms with Gasteiger partial charge in [-0.2, -0.15) is 5.10 Å². The van der Waals surface area contributed by atoms with E-state index in [2.05, 4.69) is 30.7 Å². The highest BCUT2D eigenvalue weighted by atomic mass is 16.5. The number of methoxy groups -OCH3 is 1. The molecule has 3 N–H and O–H groups in total. The van der Waals surface area contributed by atoms with Gasteiger partial charge in [-0.05, 0) is 51.3 Å². The zero-order valence-electron chi connectivity index (χ0n) is 15.0. The van der Waals surface area contributed by atoms with E-state index in [4.69, 9.17) is 4.74 Å². The van der Waals surface area contributed by atoms with Gasteiger partial charge >= 0.3 is 0 Å². The molecular weight excluding hydrogens is 320 g/mol. The van der Waals surface area contributed by atoms with Crippen LogP contribution >= 0.6 is 0 Å². The number of anilines is 1. The summed E-state index contributed by atoms with van der Waals surface area (Å²) in [4.78, 5) is 18.3. The standard InChI is InChI=1S/C17H26N6O2/c1-23(2)10-4-9-18-17(24)11-15-20-16(22-21-15)12-19-13-5-7-14(25-3)8-6-13/h5-8,19H,4,9-12H2,1-3H3,(H,18,24)(H,20,21,22). The molecule has 1 aromatic heterocycles. The highest BCUT2D eigenvalue weighted by Gasteiger charge is 2.08. The van der Waals surface area contributed by atoms with Crippen LogP contribution in [-0.4, -0.2) is 60.3 Å². The Hall–Kier alpha value is -2.61. The van der Waals surface area contributed by atoms with Crippen molar-refractivity contribution >= 4 is 11.6 Å². The van der Waals surface area contributed by atoms with Gasteiger partial charge in [0.1, 0.15) is 11.6 Å². The lowest BCUT2D eigenvalue weighted by atomic mass is 10.3. The van der Waals surface area contributed by atoms with Crippen molar-refractivity contribution in [2.75, 3.05) is 39.6 Å². The molecule has 0 spiro atoms. The van der Waals surface area contributed by atoms with Gasteiger partial charge in [-0.1, -0.05) is 0 Å². The van der Waals surface area contributed by atoms with Crippen LogP contribution in [0.1, 0.15) is 18.1 Å². The van der Waals surface area contributed by atoms with E-state index in [0.29, 0.717) is 24.7 Å². The molecule has 8 nitrogen and oxygen atoms in total. The fourth-order valence-electron chi connectivity index (χ4n) is 2.22. The third kappa shape index (κ3) is 6.80. The number of amides is 1. The maximum absolute atomic E-state index is 11.9. The van der Waals surface area contributed by atoms with Crippen LogP contribution in [0.3, 0.4) is 0 Å². The van der Waals surface area contributed by atoms with Gasteiger partial charge in [-0.3, -0.25) is 9.89 Å². The number of rotatable bonds is 10. The lowest BCUT2D eigenvalue weighted by molar-refractivity contribution is -0.120. The summed E-state index contributed by atoms with van der Waals surface area (Å²) in [5.41, 5.74) is 0.956. The first-order valence-corrected chi connectivity index (χ1v) is 8.26. The first-order chi connectivity index (χ1) is 12.1. The Morgan fingerprint density at radius 2 is 2.04 bits per heavy atom. The molecule has 25 heavy (non-hydrogen) atoms. The van der Waals surface area contributed by atoms with Gasteiger partial charge < -0.3 is 20.3 Å². The molecule has 1 aromatic carbocycles. The summed E-state index contributed by atoms with van der Waals surface area (Å²) >= 11 is 0. The molecule has 8 heteroatoms. The van der Waals surface area contributed by atoms with E-state index in [1.165, 1.54) is 0 Å². The Labute approximate surface area is 148 Å². The molecule has 0 unspecified atom stereocenters. The molecule has 0 bridgehead atoms. The topological polar surface area (TPSA) is 95.2 Å². The van der Waals surface area contributed by atoms with E-state index in [9.17, 15) is 4.79 Å². The molecule has 0 aliphatic rings. The van der Waals surface area contributed by atoms with E-state index in [1.54, 1.807) is 7.11 Å². The molecule has 0 aliphatic carbocycles. The predicted molar refractivity (Wildman–Crippen MR) is 96.6 cm³/mol. The van der Waals surface area contributed by atoms with Crippen molar-refractivity contribution in [3.63, 3.8) is 0 Å².